The first-order valence-corrected chi connectivity index (χ1v) is 7.13. The summed E-state index contributed by atoms with van der Waals surface area (Å²) in [4.78, 5) is 4.43. The van der Waals surface area contributed by atoms with Crippen LogP contribution in [-0.4, -0.2) is 10.1 Å². The lowest BCUT2D eigenvalue weighted by molar-refractivity contribution is 0.220. The molecule has 19 heavy (non-hydrogen) atoms. The predicted molar refractivity (Wildman–Crippen MR) is 79.6 cm³/mol. The van der Waals surface area contributed by atoms with Crippen LogP contribution >= 0.6 is 11.3 Å². The number of benzene rings is 1. The molecule has 1 atom stereocenters. The van der Waals surface area contributed by atoms with Crippen LogP contribution in [0.5, 0.6) is 0 Å². The lowest BCUT2D eigenvalue weighted by Crippen LogP contribution is -2.04. The van der Waals surface area contributed by atoms with E-state index in [1.807, 2.05) is 38.1 Å². The summed E-state index contributed by atoms with van der Waals surface area (Å²) in [5, 5.41) is 13.9. The van der Waals surface area contributed by atoms with Gasteiger partial charge in [-0.2, -0.15) is 0 Å². The van der Waals surface area contributed by atoms with Crippen molar-refractivity contribution in [1.29, 1.82) is 0 Å². The van der Waals surface area contributed by atoms with Gasteiger partial charge in [-0.15, -0.1) is 11.3 Å². The third-order valence-electron chi connectivity index (χ3n) is 3.36. The second-order valence-corrected chi connectivity index (χ2v) is 5.63. The molecule has 2 nitrogen and oxygen atoms in total. The molecule has 0 bridgehead atoms. The van der Waals surface area contributed by atoms with E-state index >= 15 is 0 Å². The van der Waals surface area contributed by atoms with E-state index in [0.717, 1.165) is 27.2 Å². The molecule has 2 aromatic heterocycles. The van der Waals surface area contributed by atoms with Gasteiger partial charge < -0.3 is 5.11 Å². The quantitative estimate of drug-likeness (QED) is 0.763. The molecule has 0 saturated carbocycles. The molecule has 0 spiro atoms. The van der Waals surface area contributed by atoms with E-state index in [9.17, 15) is 5.11 Å². The second-order valence-electron chi connectivity index (χ2n) is 4.72. The Morgan fingerprint density at radius 1 is 1.05 bits per heavy atom. The maximum Gasteiger partial charge on any atom is 0.107 e. The summed E-state index contributed by atoms with van der Waals surface area (Å²) in [7, 11) is 0. The minimum absolute atomic E-state index is 0.615. The van der Waals surface area contributed by atoms with Crippen molar-refractivity contribution in [2.45, 2.75) is 20.0 Å². The third kappa shape index (κ3) is 2.15. The molecule has 0 aliphatic rings. The summed E-state index contributed by atoms with van der Waals surface area (Å²) in [6.07, 6.45) is -0.615. The molecule has 2 heterocycles. The maximum atomic E-state index is 10.6. The van der Waals surface area contributed by atoms with Gasteiger partial charge >= 0.3 is 0 Å². The lowest BCUT2D eigenvalue weighted by atomic mass is 9.99. The van der Waals surface area contributed by atoms with Crippen molar-refractivity contribution >= 4 is 21.4 Å². The Kier molecular flexibility index (Phi) is 3.09. The number of hydrogen-bond acceptors (Lipinski definition) is 3. The van der Waals surface area contributed by atoms with Crippen molar-refractivity contribution in [3.05, 3.63) is 64.3 Å². The molecule has 3 rings (SSSR count). The Balaban J connectivity index is 2.13. The van der Waals surface area contributed by atoms with Crippen LogP contribution in [-0.2, 0) is 0 Å². The first kappa shape index (κ1) is 12.3. The SMILES string of the molecule is Cc1ccc(C(O)c2cccc3ccsc23)c(C)n1. The Labute approximate surface area is 116 Å². The standard InChI is InChI=1S/C16H15NOS/c1-10-6-7-13(11(2)17-10)15(18)14-5-3-4-12-8-9-19-16(12)14/h3-9,15,18H,1-2H3. The molecule has 0 aliphatic heterocycles. The molecule has 0 aliphatic carbocycles. The fourth-order valence-electron chi connectivity index (χ4n) is 2.39. The number of aromatic nitrogens is 1. The molecular weight excluding hydrogens is 254 g/mol. The average molecular weight is 269 g/mol. The molecule has 1 aromatic carbocycles. The summed E-state index contributed by atoms with van der Waals surface area (Å²) in [5.74, 6) is 0. The summed E-state index contributed by atoms with van der Waals surface area (Å²) < 4.78 is 1.15. The minimum atomic E-state index is -0.615. The van der Waals surface area contributed by atoms with Gasteiger partial charge in [0, 0.05) is 27.2 Å². The van der Waals surface area contributed by atoms with Crippen LogP contribution in [0.25, 0.3) is 10.1 Å². The zero-order valence-electron chi connectivity index (χ0n) is 10.9. The highest BCUT2D eigenvalue weighted by Crippen LogP contribution is 2.33. The van der Waals surface area contributed by atoms with Crippen molar-refractivity contribution in [3.8, 4) is 0 Å². The van der Waals surface area contributed by atoms with E-state index in [4.69, 9.17) is 0 Å². The van der Waals surface area contributed by atoms with E-state index < -0.39 is 6.10 Å². The molecule has 3 aromatic rings. The van der Waals surface area contributed by atoms with E-state index in [2.05, 4.69) is 22.5 Å². The van der Waals surface area contributed by atoms with Crippen LogP contribution in [0.15, 0.2) is 41.8 Å². The molecule has 96 valence electrons. The highest BCUT2D eigenvalue weighted by Gasteiger charge is 2.16. The summed E-state index contributed by atoms with van der Waals surface area (Å²) in [6.45, 7) is 3.91. The Hall–Kier alpha value is -1.71. The summed E-state index contributed by atoms with van der Waals surface area (Å²) >= 11 is 1.67. The van der Waals surface area contributed by atoms with Gasteiger partial charge in [0.25, 0.3) is 0 Å². The van der Waals surface area contributed by atoms with Gasteiger partial charge in [-0.3, -0.25) is 4.98 Å². The fourth-order valence-corrected chi connectivity index (χ4v) is 3.32. The molecule has 0 radical (unpaired) electrons. The highest BCUT2D eigenvalue weighted by atomic mass is 32.1. The third-order valence-corrected chi connectivity index (χ3v) is 4.34. The van der Waals surface area contributed by atoms with Crippen molar-refractivity contribution in [1.82, 2.24) is 4.98 Å². The molecule has 0 fully saturated rings. The molecule has 0 saturated heterocycles. The number of pyridine rings is 1. The first-order chi connectivity index (χ1) is 9.16. The molecule has 1 unspecified atom stereocenters. The smallest absolute Gasteiger partial charge is 0.107 e. The zero-order valence-corrected chi connectivity index (χ0v) is 11.7. The number of hydrogen-bond donors (Lipinski definition) is 1. The van der Waals surface area contributed by atoms with Crippen molar-refractivity contribution in [3.63, 3.8) is 0 Å². The normalized spacial score (nSPS) is 12.8. The molecular formula is C16H15NOS. The number of rotatable bonds is 2. The number of nitrogens with zero attached hydrogens (tertiary/aromatic N) is 1. The average Bonchev–Trinajstić information content (AvgIpc) is 2.86. The maximum absolute atomic E-state index is 10.6. The minimum Gasteiger partial charge on any atom is -0.384 e. The fraction of sp³-hybridized carbons (Fsp3) is 0.188. The first-order valence-electron chi connectivity index (χ1n) is 6.25. The van der Waals surface area contributed by atoms with Crippen LogP contribution in [0.4, 0.5) is 0 Å². The largest absolute Gasteiger partial charge is 0.384 e. The van der Waals surface area contributed by atoms with E-state index in [0.29, 0.717) is 0 Å². The molecule has 1 N–H and O–H groups in total. The monoisotopic (exact) mass is 269 g/mol. The van der Waals surface area contributed by atoms with Gasteiger partial charge in [0.1, 0.15) is 6.10 Å². The van der Waals surface area contributed by atoms with Crippen LogP contribution in [0.2, 0.25) is 0 Å². The van der Waals surface area contributed by atoms with Crippen molar-refractivity contribution < 1.29 is 5.11 Å². The summed E-state index contributed by atoms with van der Waals surface area (Å²) in [5.41, 5.74) is 3.71. The number of thiophene rings is 1. The Bertz CT molecular complexity index is 732. The van der Waals surface area contributed by atoms with Gasteiger partial charge in [-0.1, -0.05) is 24.3 Å². The van der Waals surface area contributed by atoms with Crippen LogP contribution in [0.3, 0.4) is 0 Å². The van der Waals surface area contributed by atoms with Gasteiger partial charge in [-0.25, -0.2) is 0 Å². The van der Waals surface area contributed by atoms with Gasteiger partial charge in [0.15, 0.2) is 0 Å². The van der Waals surface area contributed by atoms with Crippen molar-refractivity contribution in [2.24, 2.45) is 0 Å². The Morgan fingerprint density at radius 3 is 2.68 bits per heavy atom. The van der Waals surface area contributed by atoms with Crippen LogP contribution in [0.1, 0.15) is 28.6 Å². The topological polar surface area (TPSA) is 33.1 Å². The van der Waals surface area contributed by atoms with Gasteiger partial charge in [0.2, 0.25) is 0 Å². The number of aryl methyl sites for hydroxylation is 2. The van der Waals surface area contributed by atoms with E-state index in [-0.39, 0.29) is 0 Å². The highest BCUT2D eigenvalue weighted by molar-refractivity contribution is 7.17. The van der Waals surface area contributed by atoms with Crippen LogP contribution in [0, 0.1) is 13.8 Å². The molecule has 3 heteroatoms. The van der Waals surface area contributed by atoms with Crippen LogP contribution < -0.4 is 0 Å². The second kappa shape index (κ2) is 4.76. The summed E-state index contributed by atoms with van der Waals surface area (Å²) in [6, 6.07) is 12.0. The lowest BCUT2D eigenvalue weighted by Gasteiger charge is -2.15. The van der Waals surface area contributed by atoms with E-state index in [1.165, 1.54) is 5.39 Å². The molecule has 0 amide bonds. The number of fused-ring (bicyclic) bond motifs is 1. The number of aliphatic hydroxyl groups excluding tert-OH is 1. The van der Waals surface area contributed by atoms with Gasteiger partial charge in [0.05, 0.1) is 0 Å². The predicted octanol–water partition coefficient (Wildman–Crippen LogP) is 3.99. The zero-order chi connectivity index (χ0) is 13.4. The van der Waals surface area contributed by atoms with Gasteiger partial charge in [-0.05, 0) is 36.7 Å². The number of aliphatic hydroxyl groups is 1. The van der Waals surface area contributed by atoms with E-state index in [1.54, 1.807) is 11.3 Å². The Morgan fingerprint density at radius 2 is 1.89 bits per heavy atom. The van der Waals surface area contributed by atoms with Crippen molar-refractivity contribution in [2.75, 3.05) is 0 Å².